The molecule has 25 heavy (non-hydrogen) atoms. The first-order valence-electron chi connectivity index (χ1n) is 8.59. The standard InChI is InChI=1S/C20H24N4O/c1-5-23(4)18-9-6-15(7-10-18)20(25)21-17-8-11-19-16(12-17)13-24(22-19)14(2)3/h6-14H,5H2,1-4H3,(H,21,25). The molecule has 0 aliphatic heterocycles. The van der Waals surface area contributed by atoms with Crippen LogP contribution in [0.15, 0.2) is 48.7 Å². The van der Waals surface area contributed by atoms with Gasteiger partial charge in [0.2, 0.25) is 0 Å². The maximum atomic E-state index is 12.5. The van der Waals surface area contributed by atoms with E-state index in [4.69, 9.17) is 0 Å². The minimum atomic E-state index is -0.110. The molecule has 0 spiro atoms. The number of amides is 1. The number of hydrogen-bond acceptors (Lipinski definition) is 3. The molecule has 5 nitrogen and oxygen atoms in total. The molecule has 3 rings (SSSR count). The fourth-order valence-corrected chi connectivity index (χ4v) is 2.64. The third-order valence-electron chi connectivity index (χ3n) is 4.35. The van der Waals surface area contributed by atoms with Crippen molar-refractivity contribution in [3.63, 3.8) is 0 Å². The third-order valence-corrected chi connectivity index (χ3v) is 4.35. The molecule has 1 amide bonds. The summed E-state index contributed by atoms with van der Waals surface area (Å²) < 4.78 is 1.93. The molecule has 1 N–H and O–H groups in total. The van der Waals surface area contributed by atoms with Crippen LogP contribution in [0.1, 0.15) is 37.2 Å². The molecule has 0 unspecified atom stereocenters. The Bertz CT molecular complexity index is 880. The highest BCUT2D eigenvalue weighted by atomic mass is 16.1. The van der Waals surface area contributed by atoms with Crippen molar-refractivity contribution in [1.82, 2.24) is 9.78 Å². The van der Waals surface area contributed by atoms with Gasteiger partial charge in [-0.3, -0.25) is 9.48 Å². The van der Waals surface area contributed by atoms with Crippen LogP contribution in [0.25, 0.3) is 10.9 Å². The lowest BCUT2D eigenvalue weighted by molar-refractivity contribution is 0.102. The Hall–Kier alpha value is -2.82. The van der Waals surface area contributed by atoms with Gasteiger partial charge in [0.1, 0.15) is 0 Å². The van der Waals surface area contributed by atoms with Crippen LogP contribution in [-0.2, 0) is 0 Å². The highest BCUT2D eigenvalue weighted by molar-refractivity contribution is 6.05. The zero-order chi connectivity index (χ0) is 18.0. The van der Waals surface area contributed by atoms with Gasteiger partial charge in [-0.15, -0.1) is 0 Å². The summed E-state index contributed by atoms with van der Waals surface area (Å²) in [5.74, 6) is -0.110. The van der Waals surface area contributed by atoms with E-state index in [0.29, 0.717) is 11.6 Å². The molecule has 0 bridgehead atoms. The molecular formula is C20H24N4O. The molecule has 0 saturated heterocycles. The minimum absolute atomic E-state index is 0.110. The molecule has 0 saturated carbocycles. The normalized spacial score (nSPS) is 11.1. The van der Waals surface area contributed by atoms with Crippen LogP contribution >= 0.6 is 0 Å². The molecule has 0 aliphatic rings. The fraction of sp³-hybridized carbons (Fsp3) is 0.300. The molecule has 0 radical (unpaired) electrons. The number of nitrogens with zero attached hydrogens (tertiary/aromatic N) is 3. The van der Waals surface area contributed by atoms with E-state index in [9.17, 15) is 4.79 Å². The topological polar surface area (TPSA) is 50.2 Å². The molecule has 3 aromatic rings. The predicted molar refractivity (Wildman–Crippen MR) is 103 cm³/mol. The van der Waals surface area contributed by atoms with Crippen LogP contribution in [0.2, 0.25) is 0 Å². The fourth-order valence-electron chi connectivity index (χ4n) is 2.64. The highest BCUT2D eigenvalue weighted by Crippen LogP contribution is 2.21. The molecular weight excluding hydrogens is 312 g/mol. The molecule has 130 valence electrons. The van der Waals surface area contributed by atoms with Gasteiger partial charge in [-0.05, 0) is 63.2 Å². The van der Waals surface area contributed by atoms with E-state index in [1.54, 1.807) is 0 Å². The van der Waals surface area contributed by atoms with Crippen molar-refractivity contribution in [1.29, 1.82) is 0 Å². The predicted octanol–water partition coefficient (Wildman–Crippen LogP) is 4.33. The van der Waals surface area contributed by atoms with Gasteiger partial charge in [0, 0.05) is 48.2 Å². The first kappa shape index (κ1) is 17.0. The molecule has 5 heteroatoms. The van der Waals surface area contributed by atoms with E-state index >= 15 is 0 Å². The van der Waals surface area contributed by atoms with E-state index in [2.05, 4.69) is 36.1 Å². The van der Waals surface area contributed by atoms with Gasteiger partial charge in [0.25, 0.3) is 5.91 Å². The van der Waals surface area contributed by atoms with Gasteiger partial charge < -0.3 is 10.2 Å². The van der Waals surface area contributed by atoms with Gasteiger partial charge in [-0.1, -0.05) is 0 Å². The van der Waals surface area contributed by atoms with Crippen LogP contribution in [0, 0.1) is 0 Å². The number of nitrogens with one attached hydrogen (secondary N) is 1. The van der Waals surface area contributed by atoms with Gasteiger partial charge in [0.15, 0.2) is 0 Å². The van der Waals surface area contributed by atoms with Crippen LogP contribution in [0.4, 0.5) is 11.4 Å². The number of anilines is 2. The largest absolute Gasteiger partial charge is 0.375 e. The smallest absolute Gasteiger partial charge is 0.255 e. The van der Waals surface area contributed by atoms with Crippen molar-refractivity contribution >= 4 is 28.2 Å². The Balaban J connectivity index is 1.77. The average molecular weight is 336 g/mol. The van der Waals surface area contributed by atoms with Crippen LogP contribution in [0.5, 0.6) is 0 Å². The summed E-state index contributed by atoms with van der Waals surface area (Å²) in [5, 5.41) is 8.51. The lowest BCUT2D eigenvalue weighted by Crippen LogP contribution is -2.16. The molecule has 2 aromatic carbocycles. The van der Waals surface area contributed by atoms with Crippen LogP contribution in [0.3, 0.4) is 0 Å². The zero-order valence-electron chi connectivity index (χ0n) is 15.2. The number of fused-ring (bicyclic) bond motifs is 1. The number of aromatic nitrogens is 2. The van der Waals surface area contributed by atoms with Crippen LogP contribution in [-0.4, -0.2) is 29.3 Å². The second-order valence-electron chi connectivity index (χ2n) is 6.49. The van der Waals surface area contributed by atoms with Gasteiger partial charge >= 0.3 is 0 Å². The van der Waals surface area contributed by atoms with Gasteiger partial charge in [0.05, 0.1) is 5.52 Å². The maximum Gasteiger partial charge on any atom is 0.255 e. The lowest BCUT2D eigenvalue weighted by Gasteiger charge is -2.16. The van der Waals surface area contributed by atoms with Crippen LogP contribution < -0.4 is 10.2 Å². The SMILES string of the molecule is CCN(C)c1ccc(C(=O)Nc2ccc3nn(C(C)C)cc3c2)cc1. The molecule has 0 atom stereocenters. The summed E-state index contributed by atoms with van der Waals surface area (Å²) >= 11 is 0. The van der Waals surface area contributed by atoms with Gasteiger partial charge in [-0.25, -0.2) is 0 Å². The third kappa shape index (κ3) is 3.65. The zero-order valence-corrected chi connectivity index (χ0v) is 15.2. The monoisotopic (exact) mass is 336 g/mol. The summed E-state index contributed by atoms with van der Waals surface area (Å²) in [6.07, 6.45) is 2.00. The van der Waals surface area contributed by atoms with Crippen molar-refractivity contribution < 1.29 is 4.79 Å². The first-order valence-corrected chi connectivity index (χ1v) is 8.59. The highest BCUT2D eigenvalue weighted by Gasteiger charge is 2.09. The van der Waals surface area contributed by atoms with Crippen molar-refractivity contribution in [2.75, 3.05) is 23.8 Å². The number of carbonyl (C=O) groups is 1. The average Bonchev–Trinajstić information content (AvgIpc) is 3.05. The Morgan fingerprint density at radius 2 is 1.92 bits per heavy atom. The Labute approximate surface area is 148 Å². The second-order valence-corrected chi connectivity index (χ2v) is 6.49. The second kappa shape index (κ2) is 6.97. The molecule has 1 heterocycles. The quantitative estimate of drug-likeness (QED) is 0.754. The molecule has 0 fully saturated rings. The minimum Gasteiger partial charge on any atom is -0.375 e. The first-order chi connectivity index (χ1) is 12.0. The molecule has 1 aromatic heterocycles. The Morgan fingerprint density at radius 1 is 1.20 bits per heavy atom. The van der Waals surface area contributed by atoms with Crippen molar-refractivity contribution in [2.45, 2.75) is 26.8 Å². The maximum absolute atomic E-state index is 12.5. The molecule has 0 aliphatic carbocycles. The summed E-state index contributed by atoms with van der Waals surface area (Å²) in [7, 11) is 2.03. The summed E-state index contributed by atoms with van der Waals surface area (Å²) in [5.41, 5.74) is 3.45. The van der Waals surface area contributed by atoms with E-state index in [1.165, 1.54) is 0 Å². The number of hydrogen-bond donors (Lipinski definition) is 1. The number of carbonyl (C=O) groups excluding carboxylic acids is 1. The number of benzene rings is 2. The van der Waals surface area contributed by atoms with E-state index in [-0.39, 0.29) is 5.91 Å². The van der Waals surface area contributed by atoms with Gasteiger partial charge in [-0.2, -0.15) is 5.10 Å². The summed E-state index contributed by atoms with van der Waals surface area (Å²) in [6.45, 7) is 7.20. The Morgan fingerprint density at radius 3 is 2.56 bits per heavy atom. The lowest BCUT2D eigenvalue weighted by atomic mass is 10.1. The van der Waals surface area contributed by atoms with E-state index < -0.39 is 0 Å². The van der Waals surface area contributed by atoms with E-state index in [0.717, 1.165) is 28.8 Å². The van der Waals surface area contributed by atoms with Crippen molar-refractivity contribution in [3.05, 3.63) is 54.2 Å². The van der Waals surface area contributed by atoms with Crippen molar-refractivity contribution in [2.24, 2.45) is 0 Å². The van der Waals surface area contributed by atoms with Crippen molar-refractivity contribution in [3.8, 4) is 0 Å². The summed E-state index contributed by atoms with van der Waals surface area (Å²) in [6, 6.07) is 13.7. The van der Waals surface area contributed by atoms with E-state index in [1.807, 2.05) is 60.4 Å². The summed E-state index contributed by atoms with van der Waals surface area (Å²) in [4.78, 5) is 14.6. The number of rotatable bonds is 5. The Kier molecular flexibility index (Phi) is 4.74.